The highest BCUT2D eigenvalue weighted by atomic mass is 19.4. The molecule has 1 heterocycles. The zero-order valence-electron chi connectivity index (χ0n) is 19.7. The summed E-state index contributed by atoms with van der Waals surface area (Å²) in [7, 11) is 0. The van der Waals surface area contributed by atoms with Gasteiger partial charge >= 0.3 is 6.18 Å². The molecule has 2 fully saturated rings. The van der Waals surface area contributed by atoms with Crippen molar-refractivity contribution in [2.45, 2.75) is 95.8 Å². The van der Waals surface area contributed by atoms with Crippen molar-refractivity contribution in [1.82, 2.24) is 4.98 Å². The first-order valence-electron chi connectivity index (χ1n) is 12.7. The van der Waals surface area contributed by atoms with Crippen molar-refractivity contribution in [2.24, 2.45) is 5.41 Å². The summed E-state index contributed by atoms with van der Waals surface area (Å²) < 4.78 is 39.2. The highest BCUT2D eigenvalue weighted by molar-refractivity contribution is 6.11. The molecule has 182 valence electrons. The van der Waals surface area contributed by atoms with Crippen LogP contribution in [0.25, 0.3) is 0 Å². The predicted octanol–water partition coefficient (Wildman–Crippen LogP) is 7.09. The van der Waals surface area contributed by atoms with Gasteiger partial charge in [0, 0.05) is 28.3 Å². The topological polar surface area (TPSA) is 50.2 Å². The Hall–Kier alpha value is -2.21. The molecule has 0 amide bonds. The van der Waals surface area contributed by atoms with Gasteiger partial charge in [-0.2, -0.15) is 13.2 Å². The van der Waals surface area contributed by atoms with Crippen molar-refractivity contribution < 1.29 is 23.1 Å². The summed E-state index contributed by atoms with van der Waals surface area (Å²) in [6.45, 7) is 2.05. The Balaban J connectivity index is 1.65. The van der Waals surface area contributed by atoms with Gasteiger partial charge in [-0.25, -0.2) is 0 Å². The van der Waals surface area contributed by atoms with Crippen LogP contribution in [-0.2, 0) is 19.0 Å². The maximum Gasteiger partial charge on any atom is 0.416 e. The lowest BCUT2D eigenvalue weighted by Gasteiger charge is -2.47. The van der Waals surface area contributed by atoms with Crippen molar-refractivity contribution in [3.8, 4) is 0 Å². The maximum atomic E-state index is 13.9. The number of hydrogen-bond donors (Lipinski definition) is 1. The van der Waals surface area contributed by atoms with Gasteiger partial charge < -0.3 is 5.11 Å². The number of benzene rings is 1. The lowest BCUT2D eigenvalue weighted by molar-refractivity contribution is -0.137. The van der Waals surface area contributed by atoms with E-state index in [1.807, 2.05) is 0 Å². The Morgan fingerprint density at radius 1 is 1.12 bits per heavy atom. The van der Waals surface area contributed by atoms with E-state index in [2.05, 4.69) is 6.92 Å². The Morgan fingerprint density at radius 3 is 2.35 bits per heavy atom. The normalized spacial score (nSPS) is 22.0. The number of alkyl halides is 3. The van der Waals surface area contributed by atoms with E-state index in [0.717, 1.165) is 86.0 Å². The average molecular weight is 472 g/mol. The van der Waals surface area contributed by atoms with Crippen LogP contribution in [0.15, 0.2) is 24.3 Å². The highest BCUT2D eigenvalue weighted by Crippen LogP contribution is 2.54. The lowest BCUT2D eigenvalue weighted by Crippen LogP contribution is -2.39. The van der Waals surface area contributed by atoms with Gasteiger partial charge in [0.25, 0.3) is 0 Å². The number of nitrogens with zero attached hydrogens (tertiary/aromatic N) is 1. The van der Waals surface area contributed by atoms with Gasteiger partial charge in [-0.05, 0) is 68.1 Å². The van der Waals surface area contributed by atoms with Crippen LogP contribution in [0.4, 0.5) is 13.2 Å². The molecule has 34 heavy (non-hydrogen) atoms. The first kappa shape index (κ1) is 23.5. The summed E-state index contributed by atoms with van der Waals surface area (Å²) in [6, 6.07) is 4.50. The molecule has 3 aliphatic rings. The molecule has 0 saturated heterocycles. The number of ketones is 1. The number of hydrogen-bond acceptors (Lipinski definition) is 3. The molecule has 3 aliphatic carbocycles. The molecule has 5 rings (SSSR count). The maximum absolute atomic E-state index is 13.9. The molecule has 2 aromatic rings. The van der Waals surface area contributed by atoms with E-state index < -0.39 is 17.8 Å². The largest absolute Gasteiger partial charge is 0.416 e. The quantitative estimate of drug-likeness (QED) is 0.474. The van der Waals surface area contributed by atoms with Gasteiger partial charge in [0.2, 0.25) is 0 Å². The number of rotatable bonds is 5. The van der Waals surface area contributed by atoms with E-state index in [1.54, 1.807) is 0 Å². The molecule has 1 spiro atoms. The molecule has 0 radical (unpaired) electrons. The third kappa shape index (κ3) is 4.08. The SMILES string of the molecule is CCCc1c(C(=O)c2ccc(C(F)(F)F)cc2)c(C2CCCC2)nc2c1[C@@H](O)CC1(CCC1)C2. The van der Waals surface area contributed by atoms with Crippen LogP contribution in [-0.4, -0.2) is 15.9 Å². The zero-order valence-corrected chi connectivity index (χ0v) is 19.7. The van der Waals surface area contributed by atoms with E-state index >= 15 is 0 Å². The van der Waals surface area contributed by atoms with Crippen LogP contribution in [0.5, 0.6) is 0 Å². The Labute approximate surface area is 198 Å². The van der Waals surface area contributed by atoms with E-state index in [4.69, 9.17) is 4.98 Å². The Morgan fingerprint density at radius 2 is 1.79 bits per heavy atom. The van der Waals surface area contributed by atoms with E-state index in [1.165, 1.54) is 18.6 Å². The number of carbonyl (C=O) groups excluding carboxylic acids is 1. The molecule has 3 nitrogen and oxygen atoms in total. The summed E-state index contributed by atoms with van der Waals surface area (Å²) in [5.74, 6) is -0.0868. The minimum atomic E-state index is -4.45. The molecule has 0 bridgehead atoms. The van der Waals surface area contributed by atoms with Gasteiger partial charge in [-0.15, -0.1) is 0 Å². The highest BCUT2D eigenvalue weighted by Gasteiger charge is 2.45. The predicted molar refractivity (Wildman–Crippen MR) is 124 cm³/mol. The Kier molecular flexibility index (Phi) is 6.07. The summed E-state index contributed by atoms with van der Waals surface area (Å²) in [4.78, 5) is 19.0. The molecule has 6 heteroatoms. The first-order chi connectivity index (χ1) is 16.2. The van der Waals surface area contributed by atoms with E-state index in [-0.39, 0.29) is 22.7 Å². The average Bonchev–Trinajstić information content (AvgIpc) is 3.31. The minimum absolute atomic E-state index is 0.134. The molecule has 1 atom stereocenters. The third-order valence-electron chi connectivity index (χ3n) is 8.31. The molecule has 2 saturated carbocycles. The monoisotopic (exact) mass is 471 g/mol. The summed E-state index contributed by atoms with van der Waals surface area (Å²) >= 11 is 0. The van der Waals surface area contributed by atoms with Gasteiger partial charge in [-0.1, -0.05) is 44.7 Å². The number of carbonyl (C=O) groups is 1. The van der Waals surface area contributed by atoms with E-state index in [0.29, 0.717) is 18.4 Å². The fourth-order valence-corrected chi connectivity index (χ4v) is 6.46. The fourth-order valence-electron chi connectivity index (χ4n) is 6.46. The van der Waals surface area contributed by atoms with Gasteiger partial charge in [0.15, 0.2) is 5.78 Å². The van der Waals surface area contributed by atoms with Crippen molar-refractivity contribution >= 4 is 5.78 Å². The van der Waals surface area contributed by atoms with Crippen molar-refractivity contribution in [3.63, 3.8) is 0 Å². The number of halogens is 3. The summed E-state index contributed by atoms with van der Waals surface area (Å²) in [5, 5.41) is 11.3. The second kappa shape index (κ2) is 8.78. The van der Waals surface area contributed by atoms with Crippen LogP contribution < -0.4 is 0 Å². The number of aliphatic hydroxyl groups excluding tert-OH is 1. The van der Waals surface area contributed by atoms with Gasteiger partial charge in [0.1, 0.15) is 0 Å². The molecular weight excluding hydrogens is 439 g/mol. The van der Waals surface area contributed by atoms with Gasteiger partial charge in [-0.3, -0.25) is 9.78 Å². The smallest absolute Gasteiger partial charge is 0.388 e. The molecule has 1 N–H and O–H groups in total. The lowest BCUT2D eigenvalue weighted by atomic mass is 9.59. The van der Waals surface area contributed by atoms with Crippen LogP contribution in [0.1, 0.15) is 121 Å². The third-order valence-corrected chi connectivity index (χ3v) is 8.31. The first-order valence-corrected chi connectivity index (χ1v) is 12.7. The summed E-state index contributed by atoms with van der Waals surface area (Å²) in [5.41, 5.74) is 3.61. The fraction of sp³-hybridized carbons (Fsp3) is 0.571. The molecule has 0 aliphatic heterocycles. The van der Waals surface area contributed by atoms with E-state index in [9.17, 15) is 23.1 Å². The standard InChI is InChI=1S/C28H32F3NO2/c1-2-6-20-23-21(15-27(13-5-14-27)16-22(23)33)32-25(17-7-3-4-8-17)24(20)26(34)18-9-11-19(12-10-18)28(29,30)31/h9-12,17,22,33H,2-8,13-16H2,1H3/t22-/m0/s1. The Bertz CT molecular complexity index is 1080. The van der Waals surface area contributed by atoms with Crippen LogP contribution in [0.2, 0.25) is 0 Å². The second-order valence-electron chi connectivity index (χ2n) is 10.6. The summed E-state index contributed by atoms with van der Waals surface area (Å²) in [6.07, 6.45) is 5.45. The number of pyridine rings is 1. The number of aliphatic hydroxyl groups is 1. The second-order valence-corrected chi connectivity index (χ2v) is 10.6. The van der Waals surface area contributed by atoms with Crippen molar-refractivity contribution in [2.75, 3.05) is 0 Å². The minimum Gasteiger partial charge on any atom is -0.388 e. The van der Waals surface area contributed by atoms with Crippen LogP contribution in [0.3, 0.4) is 0 Å². The molecule has 1 aromatic carbocycles. The van der Waals surface area contributed by atoms with Crippen LogP contribution in [0, 0.1) is 5.41 Å². The van der Waals surface area contributed by atoms with Crippen molar-refractivity contribution in [3.05, 3.63) is 63.5 Å². The number of aromatic nitrogens is 1. The molecule has 1 aromatic heterocycles. The molecule has 0 unspecified atom stereocenters. The van der Waals surface area contributed by atoms with Crippen molar-refractivity contribution in [1.29, 1.82) is 0 Å². The van der Waals surface area contributed by atoms with Gasteiger partial charge in [0.05, 0.1) is 17.4 Å². The van der Waals surface area contributed by atoms with Crippen LogP contribution >= 0.6 is 0 Å². The zero-order chi connectivity index (χ0) is 24.1. The molecular formula is C28H32F3NO2. The number of fused-ring (bicyclic) bond motifs is 1.